The van der Waals surface area contributed by atoms with Crippen LogP contribution in [0.4, 0.5) is 0 Å². The first-order chi connectivity index (χ1) is 15.5. The van der Waals surface area contributed by atoms with Crippen LogP contribution in [0.1, 0.15) is 53.4 Å². The van der Waals surface area contributed by atoms with Gasteiger partial charge in [0.1, 0.15) is 18.1 Å². The van der Waals surface area contributed by atoms with Crippen molar-refractivity contribution in [3.8, 4) is 0 Å². The number of likely N-dealkylation sites (tertiary alicyclic amines) is 1. The molecule has 0 aromatic carbocycles. The van der Waals surface area contributed by atoms with E-state index >= 15 is 0 Å². The molecule has 8 N–H and O–H groups in total. The smallest absolute Gasteiger partial charge is 0.326 e. The number of hydrogen-bond acceptors (Lipinski definition) is 7. The maximum absolute atomic E-state index is 12.7. The van der Waals surface area contributed by atoms with Crippen LogP contribution in [-0.2, 0) is 19.2 Å². The van der Waals surface area contributed by atoms with Crippen molar-refractivity contribution in [2.24, 2.45) is 5.73 Å². The van der Waals surface area contributed by atoms with Crippen molar-refractivity contribution in [2.45, 2.75) is 83.6 Å². The van der Waals surface area contributed by atoms with Gasteiger partial charge in [-0.25, -0.2) is 4.79 Å². The summed E-state index contributed by atoms with van der Waals surface area (Å²) in [5.41, 5.74) is 4.39. The lowest BCUT2D eigenvalue weighted by atomic mass is 10.1. The van der Waals surface area contributed by atoms with Gasteiger partial charge in [-0.15, -0.1) is 0 Å². The summed E-state index contributed by atoms with van der Waals surface area (Å²) in [5.74, 6) is -2.22. The van der Waals surface area contributed by atoms with E-state index in [1.807, 2.05) is 13.8 Å². The molecule has 33 heavy (non-hydrogen) atoms. The number of carbonyl (C=O) groups is 4. The van der Waals surface area contributed by atoms with Crippen molar-refractivity contribution < 1.29 is 24.3 Å². The summed E-state index contributed by atoms with van der Waals surface area (Å²) in [6, 6.07) is -2.83. The molecule has 0 aromatic heterocycles. The van der Waals surface area contributed by atoms with E-state index in [9.17, 15) is 24.3 Å². The first kappa shape index (κ1) is 30.3. The molecule has 4 atom stereocenters. The molecule has 3 amide bonds. The lowest BCUT2D eigenvalue weighted by molar-refractivity contribution is -0.143. The van der Waals surface area contributed by atoms with E-state index in [1.165, 1.54) is 6.92 Å². The number of nitrogens with one attached hydrogen (secondary N) is 5. The number of carboxylic acid groups (broad SMARTS) is 1. The summed E-state index contributed by atoms with van der Waals surface area (Å²) in [6.07, 6.45) is 2.87. The third kappa shape index (κ3) is 11.1. The van der Waals surface area contributed by atoms with Gasteiger partial charge in [-0.3, -0.25) is 19.8 Å². The standard InChI is InChI=1S/C20H37N5O5.CH4N2/c1-12(2)22-14(4)19(28)25-11-7-9-16(25)18(27)23-13(3)17(26)24-15(20(29)30)8-6-10-21-5;2-1-3/h12-16,21-22H,6-11H2,1-5H3,(H,23,27)(H,24,26)(H,29,30);1H,(H3,2,3). The minimum absolute atomic E-state index is 0.137. The number of rotatable bonds is 12. The Morgan fingerprint density at radius 2 is 1.76 bits per heavy atom. The molecule has 190 valence electrons. The topological polar surface area (TPSA) is 190 Å². The minimum atomic E-state index is -1.11. The molecule has 1 rings (SSSR count). The molecule has 0 spiro atoms. The molecule has 1 aliphatic rings. The summed E-state index contributed by atoms with van der Waals surface area (Å²) >= 11 is 0. The fourth-order valence-electron chi connectivity index (χ4n) is 3.54. The van der Waals surface area contributed by atoms with E-state index in [4.69, 9.17) is 5.41 Å². The second-order valence-electron chi connectivity index (χ2n) is 8.27. The molecule has 12 nitrogen and oxygen atoms in total. The fourth-order valence-corrected chi connectivity index (χ4v) is 3.54. The minimum Gasteiger partial charge on any atom is -0.480 e. The SMILES string of the molecule is CNCCCC(NC(=O)C(C)NC(=O)C1CCCN1C(=O)C(C)NC(C)C)C(=O)O.N=CN. The molecule has 0 aliphatic carbocycles. The number of carbonyl (C=O) groups excluding carboxylic acids is 3. The second-order valence-corrected chi connectivity index (χ2v) is 8.27. The maximum atomic E-state index is 12.7. The summed E-state index contributed by atoms with van der Waals surface area (Å²) in [5, 5.41) is 26.3. The third-order valence-electron chi connectivity index (χ3n) is 5.08. The van der Waals surface area contributed by atoms with Crippen molar-refractivity contribution in [3.05, 3.63) is 0 Å². The highest BCUT2D eigenvalue weighted by Gasteiger charge is 2.37. The van der Waals surface area contributed by atoms with Gasteiger partial charge in [0, 0.05) is 12.6 Å². The summed E-state index contributed by atoms with van der Waals surface area (Å²) in [6.45, 7) is 8.30. The summed E-state index contributed by atoms with van der Waals surface area (Å²) < 4.78 is 0. The molecule has 0 saturated carbocycles. The zero-order valence-electron chi connectivity index (χ0n) is 20.3. The average Bonchev–Trinajstić information content (AvgIpc) is 3.22. The molecular formula is C21H41N7O5. The molecule has 0 aromatic rings. The lowest BCUT2D eigenvalue weighted by Gasteiger charge is -2.29. The van der Waals surface area contributed by atoms with Gasteiger partial charge in [-0.2, -0.15) is 0 Å². The van der Waals surface area contributed by atoms with Gasteiger partial charge in [0.05, 0.1) is 12.4 Å². The Hall–Kier alpha value is -2.73. The number of amides is 3. The van der Waals surface area contributed by atoms with Crippen LogP contribution >= 0.6 is 0 Å². The Bertz CT molecular complexity index is 659. The zero-order chi connectivity index (χ0) is 25.6. The number of nitrogens with zero attached hydrogens (tertiary/aromatic N) is 1. The molecule has 4 unspecified atom stereocenters. The Morgan fingerprint density at radius 3 is 2.27 bits per heavy atom. The molecule has 1 heterocycles. The Morgan fingerprint density at radius 1 is 1.15 bits per heavy atom. The Kier molecular flexibility index (Phi) is 14.7. The predicted molar refractivity (Wildman–Crippen MR) is 126 cm³/mol. The first-order valence-electron chi connectivity index (χ1n) is 11.2. The quantitative estimate of drug-likeness (QED) is 0.107. The predicted octanol–water partition coefficient (Wildman–Crippen LogP) is -1.01. The van der Waals surface area contributed by atoms with Gasteiger partial charge >= 0.3 is 5.97 Å². The average molecular weight is 472 g/mol. The Labute approximate surface area is 195 Å². The first-order valence-corrected chi connectivity index (χ1v) is 11.2. The largest absolute Gasteiger partial charge is 0.480 e. The van der Waals surface area contributed by atoms with Crippen LogP contribution in [0.3, 0.4) is 0 Å². The normalized spacial score (nSPS) is 17.9. The van der Waals surface area contributed by atoms with Gasteiger partial charge in [-0.05, 0) is 53.1 Å². The fraction of sp³-hybridized carbons (Fsp3) is 0.762. The molecule has 0 bridgehead atoms. The highest BCUT2D eigenvalue weighted by atomic mass is 16.4. The second kappa shape index (κ2) is 16.0. The van der Waals surface area contributed by atoms with Crippen molar-refractivity contribution in [1.82, 2.24) is 26.2 Å². The van der Waals surface area contributed by atoms with E-state index in [0.717, 1.165) is 6.34 Å². The van der Waals surface area contributed by atoms with Crippen LogP contribution in [0.5, 0.6) is 0 Å². The van der Waals surface area contributed by atoms with Crippen LogP contribution in [0.25, 0.3) is 0 Å². The lowest BCUT2D eigenvalue weighted by Crippen LogP contribution is -2.56. The maximum Gasteiger partial charge on any atom is 0.326 e. The van der Waals surface area contributed by atoms with Crippen molar-refractivity contribution in [1.29, 1.82) is 5.41 Å². The molecule has 0 radical (unpaired) electrons. The van der Waals surface area contributed by atoms with Gasteiger partial charge in [-0.1, -0.05) is 13.8 Å². The molecule has 12 heteroatoms. The summed E-state index contributed by atoms with van der Waals surface area (Å²) in [4.78, 5) is 50.7. The number of carboxylic acids is 1. The van der Waals surface area contributed by atoms with Gasteiger partial charge < -0.3 is 37.0 Å². The van der Waals surface area contributed by atoms with Crippen LogP contribution in [-0.4, -0.2) is 90.4 Å². The highest BCUT2D eigenvalue weighted by Crippen LogP contribution is 2.19. The van der Waals surface area contributed by atoms with Gasteiger partial charge in [0.25, 0.3) is 0 Å². The zero-order valence-corrected chi connectivity index (χ0v) is 20.3. The monoisotopic (exact) mass is 471 g/mol. The van der Waals surface area contributed by atoms with E-state index < -0.39 is 42.0 Å². The highest BCUT2D eigenvalue weighted by molar-refractivity contribution is 5.94. The van der Waals surface area contributed by atoms with Crippen molar-refractivity contribution in [2.75, 3.05) is 20.1 Å². The van der Waals surface area contributed by atoms with Gasteiger partial charge in [0.15, 0.2) is 0 Å². The molecular weight excluding hydrogens is 430 g/mol. The van der Waals surface area contributed by atoms with Crippen LogP contribution in [0.15, 0.2) is 0 Å². The van der Waals surface area contributed by atoms with E-state index in [0.29, 0.717) is 32.4 Å². The Balaban J connectivity index is 0.00000322. The number of nitrogens with two attached hydrogens (primary N) is 1. The number of hydrogen-bond donors (Lipinski definition) is 7. The van der Waals surface area contributed by atoms with E-state index in [-0.39, 0.29) is 18.4 Å². The third-order valence-corrected chi connectivity index (χ3v) is 5.08. The van der Waals surface area contributed by atoms with Crippen molar-refractivity contribution >= 4 is 30.0 Å². The van der Waals surface area contributed by atoms with E-state index in [1.54, 1.807) is 18.9 Å². The number of aliphatic carboxylic acids is 1. The molecule has 1 fully saturated rings. The van der Waals surface area contributed by atoms with Crippen molar-refractivity contribution in [3.63, 3.8) is 0 Å². The summed E-state index contributed by atoms with van der Waals surface area (Å²) in [7, 11) is 1.77. The molecule has 1 aliphatic heterocycles. The molecule has 1 saturated heterocycles. The van der Waals surface area contributed by atoms with Crippen LogP contribution in [0, 0.1) is 5.41 Å². The van der Waals surface area contributed by atoms with Gasteiger partial charge in [0.2, 0.25) is 17.7 Å². The van der Waals surface area contributed by atoms with Crippen LogP contribution in [0.2, 0.25) is 0 Å². The van der Waals surface area contributed by atoms with Crippen LogP contribution < -0.4 is 27.0 Å². The van der Waals surface area contributed by atoms with E-state index in [2.05, 4.69) is 27.0 Å².